The monoisotopic (exact) mass is 382 g/mol. The van der Waals surface area contributed by atoms with Crippen LogP contribution in [0.15, 0.2) is 47.4 Å². The van der Waals surface area contributed by atoms with E-state index in [1.165, 1.54) is 11.1 Å². The summed E-state index contributed by atoms with van der Waals surface area (Å²) in [4.78, 5) is 0.237. The Bertz CT molecular complexity index is 821. The molecule has 3 rings (SSSR count). The van der Waals surface area contributed by atoms with Gasteiger partial charge in [0.05, 0.1) is 11.0 Å². The molecule has 0 aromatic heterocycles. The van der Waals surface area contributed by atoms with Crippen molar-refractivity contribution in [2.75, 3.05) is 0 Å². The van der Waals surface area contributed by atoms with Crippen LogP contribution in [0.2, 0.25) is 0 Å². The van der Waals surface area contributed by atoms with E-state index >= 15 is 0 Å². The van der Waals surface area contributed by atoms with Crippen LogP contribution >= 0.6 is 12.4 Å². The Balaban J connectivity index is 0.00000225. The Morgan fingerprint density at radius 1 is 1.08 bits per heavy atom. The minimum atomic E-state index is -3.54. The van der Waals surface area contributed by atoms with Gasteiger partial charge in [0, 0.05) is 19.6 Å². The number of rotatable bonds is 6. The van der Waals surface area contributed by atoms with Gasteiger partial charge in [-0.2, -0.15) is 0 Å². The molecular formula is C18H23ClN2O3S. The topological polar surface area (TPSA) is 67.4 Å². The second-order valence-corrected chi connectivity index (χ2v) is 7.94. The fourth-order valence-corrected chi connectivity index (χ4v) is 3.71. The summed E-state index contributed by atoms with van der Waals surface area (Å²) >= 11 is 0. The van der Waals surface area contributed by atoms with Crippen molar-refractivity contribution in [3.05, 3.63) is 59.2 Å². The molecule has 2 aromatic rings. The zero-order valence-corrected chi connectivity index (χ0v) is 15.9. The van der Waals surface area contributed by atoms with Gasteiger partial charge in [0.1, 0.15) is 5.75 Å². The van der Waals surface area contributed by atoms with Crippen LogP contribution in [0.5, 0.6) is 5.75 Å². The van der Waals surface area contributed by atoms with Gasteiger partial charge >= 0.3 is 0 Å². The van der Waals surface area contributed by atoms with E-state index in [2.05, 4.69) is 22.2 Å². The largest absolute Gasteiger partial charge is 0.491 e. The van der Waals surface area contributed by atoms with Gasteiger partial charge in [0.25, 0.3) is 0 Å². The zero-order chi connectivity index (χ0) is 17.2. The summed E-state index contributed by atoms with van der Waals surface area (Å²) in [7, 11) is -3.54. The summed E-state index contributed by atoms with van der Waals surface area (Å²) < 4.78 is 33.0. The highest BCUT2D eigenvalue weighted by atomic mass is 35.5. The van der Waals surface area contributed by atoms with Gasteiger partial charge in [0.2, 0.25) is 10.0 Å². The minimum Gasteiger partial charge on any atom is -0.491 e. The van der Waals surface area contributed by atoms with E-state index in [9.17, 15) is 8.42 Å². The molecule has 1 aliphatic rings. The normalized spacial score (nSPS) is 13.4. The summed E-state index contributed by atoms with van der Waals surface area (Å²) in [5.74, 6) is 0.662. The SMILES string of the molecule is CC(C)Oc1ccc(S(=O)(=O)NCc2ccc3c(c2)CNC3)cc1.Cl. The summed E-state index contributed by atoms with van der Waals surface area (Å²) in [6.07, 6.45) is 0.0554. The number of hydrogen-bond acceptors (Lipinski definition) is 4. The van der Waals surface area contributed by atoms with Crippen molar-refractivity contribution in [2.45, 2.75) is 44.5 Å². The molecule has 0 bridgehead atoms. The van der Waals surface area contributed by atoms with Gasteiger partial charge in [-0.1, -0.05) is 18.2 Å². The number of benzene rings is 2. The number of halogens is 1. The molecule has 136 valence electrons. The molecule has 0 unspecified atom stereocenters. The lowest BCUT2D eigenvalue weighted by molar-refractivity contribution is 0.242. The summed E-state index contributed by atoms with van der Waals surface area (Å²) in [5, 5.41) is 3.28. The first-order chi connectivity index (χ1) is 11.4. The first-order valence-electron chi connectivity index (χ1n) is 8.02. The van der Waals surface area contributed by atoms with Crippen LogP contribution in [-0.4, -0.2) is 14.5 Å². The first-order valence-corrected chi connectivity index (χ1v) is 9.50. The second kappa shape index (κ2) is 8.19. The average Bonchev–Trinajstić information content (AvgIpc) is 3.00. The fourth-order valence-electron chi connectivity index (χ4n) is 2.69. The third-order valence-electron chi connectivity index (χ3n) is 3.87. The number of sulfonamides is 1. The molecule has 5 nitrogen and oxygen atoms in total. The van der Waals surface area contributed by atoms with Crippen molar-refractivity contribution in [3.63, 3.8) is 0 Å². The van der Waals surface area contributed by atoms with Crippen molar-refractivity contribution in [1.82, 2.24) is 10.0 Å². The molecule has 0 amide bonds. The Morgan fingerprint density at radius 2 is 1.76 bits per heavy atom. The van der Waals surface area contributed by atoms with Crippen molar-refractivity contribution in [2.24, 2.45) is 0 Å². The lowest BCUT2D eigenvalue weighted by atomic mass is 10.1. The number of ether oxygens (including phenoxy) is 1. The second-order valence-electron chi connectivity index (χ2n) is 6.17. The molecule has 7 heteroatoms. The highest BCUT2D eigenvalue weighted by Crippen LogP contribution is 2.19. The van der Waals surface area contributed by atoms with E-state index in [-0.39, 0.29) is 30.0 Å². The molecule has 2 aromatic carbocycles. The maximum atomic E-state index is 12.4. The molecule has 1 heterocycles. The zero-order valence-electron chi connectivity index (χ0n) is 14.3. The van der Waals surface area contributed by atoms with Crippen molar-refractivity contribution >= 4 is 22.4 Å². The molecule has 0 spiro atoms. The summed E-state index contributed by atoms with van der Waals surface area (Å²) in [5.41, 5.74) is 3.48. The minimum absolute atomic E-state index is 0. The quantitative estimate of drug-likeness (QED) is 0.806. The molecule has 0 saturated heterocycles. The van der Waals surface area contributed by atoms with Crippen molar-refractivity contribution in [1.29, 1.82) is 0 Å². The number of nitrogens with one attached hydrogen (secondary N) is 2. The van der Waals surface area contributed by atoms with Crippen LogP contribution in [0.1, 0.15) is 30.5 Å². The molecule has 0 aliphatic carbocycles. The van der Waals surface area contributed by atoms with Gasteiger partial charge in [-0.3, -0.25) is 0 Å². The summed E-state index contributed by atoms with van der Waals surface area (Å²) in [6.45, 7) is 5.86. The number of fused-ring (bicyclic) bond motifs is 1. The predicted octanol–water partition coefficient (Wildman–Crippen LogP) is 2.98. The third kappa shape index (κ3) is 4.95. The molecule has 1 aliphatic heterocycles. The first kappa shape index (κ1) is 19.7. The summed E-state index contributed by atoms with van der Waals surface area (Å²) in [6, 6.07) is 12.5. The fraction of sp³-hybridized carbons (Fsp3) is 0.333. The van der Waals surface area contributed by atoms with Crippen LogP contribution in [-0.2, 0) is 29.7 Å². The molecule has 0 saturated carbocycles. The Kier molecular flexibility index (Phi) is 6.46. The maximum Gasteiger partial charge on any atom is 0.240 e. The highest BCUT2D eigenvalue weighted by molar-refractivity contribution is 7.89. The van der Waals surface area contributed by atoms with Crippen LogP contribution in [0.4, 0.5) is 0 Å². The molecule has 0 fully saturated rings. The lowest BCUT2D eigenvalue weighted by Gasteiger charge is -2.11. The average molecular weight is 383 g/mol. The predicted molar refractivity (Wildman–Crippen MR) is 100 cm³/mol. The van der Waals surface area contributed by atoms with Gasteiger partial charge in [0.15, 0.2) is 0 Å². The molecule has 0 radical (unpaired) electrons. The van der Waals surface area contributed by atoms with Crippen LogP contribution in [0, 0.1) is 0 Å². The third-order valence-corrected chi connectivity index (χ3v) is 5.29. The van der Waals surface area contributed by atoms with E-state index in [0.29, 0.717) is 5.75 Å². The molecule has 0 atom stereocenters. The maximum absolute atomic E-state index is 12.4. The smallest absolute Gasteiger partial charge is 0.240 e. The Morgan fingerprint density at radius 3 is 2.44 bits per heavy atom. The van der Waals surface area contributed by atoms with Gasteiger partial charge in [-0.15, -0.1) is 12.4 Å². The van der Waals surface area contributed by atoms with Crippen LogP contribution < -0.4 is 14.8 Å². The van der Waals surface area contributed by atoms with E-state index in [4.69, 9.17) is 4.74 Å². The Labute approximate surface area is 155 Å². The standard InChI is InChI=1S/C18H22N2O3S.ClH/c1-13(2)23-17-5-7-18(8-6-17)24(21,22)20-10-14-3-4-15-11-19-12-16(15)9-14;/h3-9,13,19-20H,10-12H2,1-2H3;1H. The molecule has 25 heavy (non-hydrogen) atoms. The van der Waals surface area contributed by atoms with Crippen LogP contribution in [0.3, 0.4) is 0 Å². The van der Waals surface area contributed by atoms with E-state index in [1.807, 2.05) is 19.9 Å². The molecule has 2 N–H and O–H groups in total. The van der Waals surface area contributed by atoms with Gasteiger partial charge in [-0.05, 0) is 54.8 Å². The van der Waals surface area contributed by atoms with E-state index in [1.54, 1.807) is 24.3 Å². The van der Waals surface area contributed by atoms with Crippen LogP contribution in [0.25, 0.3) is 0 Å². The van der Waals surface area contributed by atoms with Gasteiger partial charge < -0.3 is 10.1 Å². The highest BCUT2D eigenvalue weighted by Gasteiger charge is 2.15. The Hall–Kier alpha value is -1.60. The van der Waals surface area contributed by atoms with Gasteiger partial charge in [-0.25, -0.2) is 13.1 Å². The van der Waals surface area contributed by atoms with Crippen molar-refractivity contribution in [3.8, 4) is 5.75 Å². The lowest BCUT2D eigenvalue weighted by Crippen LogP contribution is -2.23. The van der Waals surface area contributed by atoms with E-state index < -0.39 is 10.0 Å². The molecular weight excluding hydrogens is 360 g/mol. The number of hydrogen-bond donors (Lipinski definition) is 2. The van der Waals surface area contributed by atoms with E-state index in [0.717, 1.165) is 18.7 Å². The van der Waals surface area contributed by atoms with Crippen molar-refractivity contribution < 1.29 is 13.2 Å².